The van der Waals surface area contributed by atoms with Crippen molar-refractivity contribution < 1.29 is 28.6 Å². The Kier molecular flexibility index (Phi) is 3.31. The Bertz CT molecular complexity index is 371. The highest BCUT2D eigenvalue weighted by Crippen LogP contribution is 2.66. The van der Waals surface area contributed by atoms with E-state index < -0.39 is 41.5 Å². The summed E-state index contributed by atoms with van der Waals surface area (Å²) in [5, 5.41) is 9.71. The van der Waals surface area contributed by atoms with Crippen molar-refractivity contribution >= 4 is 11.9 Å². The number of fused-ring (bicyclic) bond motifs is 1. The summed E-state index contributed by atoms with van der Waals surface area (Å²) < 4.78 is 23.9. The summed E-state index contributed by atoms with van der Waals surface area (Å²) in [4.78, 5) is 23.2. The molecule has 5 nitrogen and oxygen atoms in total. The quantitative estimate of drug-likeness (QED) is 0.743. The number of carbonyl (C=O) groups is 2. The maximum absolute atomic E-state index is 14.4. The number of ether oxygens (including phenoxy) is 2. The van der Waals surface area contributed by atoms with E-state index in [1.807, 2.05) is 0 Å². The van der Waals surface area contributed by atoms with Gasteiger partial charge in [0.15, 0.2) is 0 Å². The molecule has 6 heteroatoms. The first-order valence-corrected chi connectivity index (χ1v) is 6.19. The average molecular weight is 260 g/mol. The smallest absolute Gasteiger partial charge is 0.344 e. The molecular weight excluding hydrogens is 243 g/mol. The van der Waals surface area contributed by atoms with Gasteiger partial charge in [0.2, 0.25) is 5.67 Å². The molecule has 5 unspecified atom stereocenters. The third-order valence-corrected chi connectivity index (χ3v) is 3.79. The van der Waals surface area contributed by atoms with Crippen LogP contribution in [0, 0.1) is 17.8 Å². The molecule has 0 amide bonds. The second-order valence-electron chi connectivity index (χ2n) is 4.70. The number of aliphatic hydroxyl groups is 1. The van der Waals surface area contributed by atoms with E-state index in [1.165, 1.54) is 0 Å². The van der Waals surface area contributed by atoms with Crippen molar-refractivity contribution in [3.8, 4) is 0 Å². The lowest BCUT2D eigenvalue weighted by Crippen LogP contribution is -2.37. The van der Waals surface area contributed by atoms with Gasteiger partial charge in [-0.1, -0.05) is 0 Å². The second-order valence-corrected chi connectivity index (χ2v) is 4.70. The van der Waals surface area contributed by atoms with E-state index in [1.54, 1.807) is 13.8 Å². The van der Waals surface area contributed by atoms with Crippen molar-refractivity contribution in [3.05, 3.63) is 0 Å². The molecular formula is C12H17FO5. The van der Waals surface area contributed by atoms with E-state index in [9.17, 15) is 19.1 Å². The Balaban J connectivity index is 2.11. The van der Waals surface area contributed by atoms with Crippen LogP contribution in [0.1, 0.15) is 20.3 Å². The molecule has 18 heavy (non-hydrogen) atoms. The largest absolute Gasteiger partial charge is 0.466 e. The highest BCUT2D eigenvalue weighted by atomic mass is 19.1. The van der Waals surface area contributed by atoms with E-state index in [0.717, 1.165) is 0 Å². The number of aliphatic hydroxyl groups excluding tert-OH is 1. The summed E-state index contributed by atoms with van der Waals surface area (Å²) in [5.74, 6) is -3.95. The summed E-state index contributed by atoms with van der Waals surface area (Å²) >= 11 is 0. The van der Waals surface area contributed by atoms with Gasteiger partial charge < -0.3 is 14.6 Å². The Morgan fingerprint density at radius 2 is 1.94 bits per heavy atom. The van der Waals surface area contributed by atoms with E-state index in [0.29, 0.717) is 0 Å². The zero-order valence-electron chi connectivity index (χ0n) is 10.4. The normalized spacial score (nSPS) is 41.1. The van der Waals surface area contributed by atoms with Crippen molar-refractivity contribution in [1.29, 1.82) is 0 Å². The van der Waals surface area contributed by atoms with Gasteiger partial charge in [-0.05, 0) is 20.3 Å². The Labute approximate surface area is 104 Å². The molecule has 102 valence electrons. The summed E-state index contributed by atoms with van der Waals surface area (Å²) in [6, 6.07) is 0. The van der Waals surface area contributed by atoms with Crippen LogP contribution in [0.2, 0.25) is 0 Å². The van der Waals surface area contributed by atoms with Crippen LogP contribution in [-0.4, -0.2) is 42.0 Å². The standard InChI is InChI=1S/C12H17FO5/c1-3-17-10(15)8-7(14)5-6-9(8)12(6,13)11(16)18-4-2/h6-9,14H,3-5H2,1-2H3. The van der Waals surface area contributed by atoms with Crippen LogP contribution in [0.4, 0.5) is 4.39 Å². The molecule has 0 aromatic heterocycles. The summed E-state index contributed by atoms with van der Waals surface area (Å²) in [6.07, 6.45) is -0.832. The Morgan fingerprint density at radius 1 is 1.33 bits per heavy atom. The minimum atomic E-state index is -2.12. The highest BCUT2D eigenvalue weighted by Gasteiger charge is 2.80. The van der Waals surface area contributed by atoms with Crippen LogP contribution in [-0.2, 0) is 19.1 Å². The molecule has 0 heterocycles. The molecule has 0 radical (unpaired) electrons. The summed E-state index contributed by atoms with van der Waals surface area (Å²) in [6.45, 7) is 3.49. The number of esters is 2. The van der Waals surface area contributed by atoms with Gasteiger partial charge in [-0.15, -0.1) is 0 Å². The van der Waals surface area contributed by atoms with Gasteiger partial charge in [-0.2, -0.15) is 0 Å². The fourth-order valence-corrected chi connectivity index (χ4v) is 3.00. The molecule has 2 rings (SSSR count). The minimum Gasteiger partial charge on any atom is -0.466 e. The third kappa shape index (κ3) is 1.70. The fourth-order valence-electron chi connectivity index (χ4n) is 3.00. The van der Waals surface area contributed by atoms with Crippen molar-refractivity contribution in [2.45, 2.75) is 32.0 Å². The van der Waals surface area contributed by atoms with Crippen molar-refractivity contribution in [2.24, 2.45) is 17.8 Å². The molecule has 0 aromatic rings. The predicted molar refractivity (Wildman–Crippen MR) is 58.2 cm³/mol. The monoisotopic (exact) mass is 260 g/mol. The molecule has 0 spiro atoms. The lowest BCUT2D eigenvalue weighted by atomic mass is 9.96. The van der Waals surface area contributed by atoms with E-state index in [2.05, 4.69) is 4.74 Å². The van der Waals surface area contributed by atoms with Crippen LogP contribution in [0.3, 0.4) is 0 Å². The summed E-state index contributed by atoms with van der Waals surface area (Å²) in [7, 11) is 0. The van der Waals surface area contributed by atoms with Gasteiger partial charge in [-0.3, -0.25) is 4.79 Å². The van der Waals surface area contributed by atoms with Crippen molar-refractivity contribution in [1.82, 2.24) is 0 Å². The van der Waals surface area contributed by atoms with Crippen LogP contribution in [0.5, 0.6) is 0 Å². The molecule has 0 bridgehead atoms. The molecule has 2 aliphatic carbocycles. The van der Waals surface area contributed by atoms with Crippen LogP contribution in [0.15, 0.2) is 0 Å². The molecule has 1 N–H and O–H groups in total. The van der Waals surface area contributed by atoms with Gasteiger partial charge in [0.05, 0.1) is 25.2 Å². The molecule has 0 saturated heterocycles. The number of alkyl halides is 1. The van der Waals surface area contributed by atoms with E-state index in [4.69, 9.17) is 4.74 Å². The van der Waals surface area contributed by atoms with Crippen LogP contribution < -0.4 is 0 Å². The average Bonchev–Trinajstić information content (AvgIpc) is 2.70. The Morgan fingerprint density at radius 3 is 2.50 bits per heavy atom. The number of carbonyl (C=O) groups excluding carboxylic acids is 2. The maximum atomic E-state index is 14.4. The van der Waals surface area contributed by atoms with Gasteiger partial charge in [0, 0.05) is 11.8 Å². The van der Waals surface area contributed by atoms with Gasteiger partial charge in [0.25, 0.3) is 0 Å². The van der Waals surface area contributed by atoms with Crippen LogP contribution in [0.25, 0.3) is 0 Å². The third-order valence-electron chi connectivity index (χ3n) is 3.79. The molecule has 0 aliphatic heterocycles. The van der Waals surface area contributed by atoms with E-state index in [-0.39, 0.29) is 19.6 Å². The first kappa shape index (κ1) is 13.3. The SMILES string of the molecule is CCOC(=O)C1C(O)CC2C1C2(F)C(=O)OCC. The van der Waals surface area contributed by atoms with E-state index >= 15 is 0 Å². The molecule has 5 atom stereocenters. The van der Waals surface area contributed by atoms with Crippen molar-refractivity contribution in [2.75, 3.05) is 13.2 Å². The van der Waals surface area contributed by atoms with Crippen molar-refractivity contribution in [3.63, 3.8) is 0 Å². The number of hydrogen-bond acceptors (Lipinski definition) is 5. The fraction of sp³-hybridized carbons (Fsp3) is 0.833. The zero-order chi connectivity index (χ0) is 13.5. The highest BCUT2D eigenvalue weighted by molar-refractivity contribution is 5.88. The lowest BCUT2D eigenvalue weighted by Gasteiger charge is -2.20. The molecule has 2 aliphatic rings. The minimum absolute atomic E-state index is 0.0938. The number of rotatable bonds is 4. The topological polar surface area (TPSA) is 72.8 Å². The number of halogens is 1. The second kappa shape index (κ2) is 4.50. The van der Waals surface area contributed by atoms with Gasteiger partial charge in [-0.25, -0.2) is 9.18 Å². The summed E-state index contributed by atoms with van der Waals surface area (Å²) in [5.41, 5.74) is -2.12. The first-order chi connectivity index (χ1) is 8.48. The Hall–Kier alpha value is -1.17. The predicted octanol–water partition coefficient (Wildman–Crippen LogP) is 0.448. The number of hydrogen-bond donors (Lipinski definition) is 1. The van der Waals surface area contributed by atoms with Crippen LogP contribution >= 0.6 is 0 Å². The molecule has 0 aromatic carbocycles. The maximum Gasteiger partial charge on any atom is 0.344 e. The molecule has 2 saturated carbocycles. The zero-order valence-corrected chi connectivity index (χ0v) is 10.4. The first-order valence-electron chi connectivity index (χ1n) is 6.19. The van der Waals surface area contributed by atoms with Gasteiger partial charge >= 0.3 is 11.9 Å². The van der Waals surface area contributed by atoms with Gasteiger partial charge in [0.1, 0.15) is 0 Å². The molecule has 2 fully saturated rings. The lowest BCUT2D eigenvalue weighted by molar-refractivity contribution is -0.158.